The number of hydrogen-bond acceptors (Lipinski definition) is 14. The largest absolute Gasteiger partial charge is 0.379 e. The Labute approximate surface area is 913 Å². The highest BCUT2D eigenvalue weighted by Crippen LogP contribution is 2.34. The highest BCUT2D eigenvalue weighted by Gasteiger charge is 2.30. The van der Waals surface area contributed by atoms with Crippen molar-refractivity contribution < 1.29 is 66.8 Å². The SMILES string of the molecule is CC(C)(C)CC(=O)C(C)(C)C.CC(C)(C)CC(=O)NCCOCC(=O)C(C)(C)C.CC(C)(C)CCC(=O)CCC(C)(C)C.CC(C)(C)CCC(C)(C)C.CC(C)(C)CCCC(=O)CCC(=O)C(C)(C)C.CC(C)(C)CCCCCC(C)(C)C.CC(C)(C)CCCCCCC(=O)C(C)(C)C.CC(C)(C)CCNC(=O)CC(C)(C)C.CC(C)(C)CCOCCOCC(=O)C(C)(C)C.CC(C)(C)CCOCCOCCC(C)(C)C. The number of amides is 2. The molecule has 2 N–H and O–H groups in total. The van der Waals surface area contributed by atoms with Gasteiger partial charge in [0.05, 0.1) is 33.0 Å². The summed E-state index contributed by atoms with van der Waals surface area (Å²) in [6.07, 6.45) is 29.5. The van der Waals surface area contributed by atoms with Crippen molar-refractivity contribution in [3.8, 4) is 0 Å². The maximum absolute atomic E-state index is 11.7. The molecule has 0 saturated carbocycles. The maximum Gasteiger partial charge on any atom is 0.220 e. The molecular formula is C130H264N2O14. The van der Waals surface area contributed by atoms with Crippen molar-refractivity contribution in [2.75, 3.05) is 79.2 Å². The van der Waals surface area contributed by atoms with Gasteiger partial charge >= 0.3 is 0 Å². The summed E-state index contributed by atoms with van der Waals surface area (Å²) in [5, 5.41) is 5.73. The van der Waals surface area contributed by atoms with E-state index in [1.165, 1.54) is 70.6 Å². The van der Waals surface area contributed by atoms with Crippen LogP contribution in [-0.2, 0) is 66.8 Å². The Balaban J connectivity index is -0.000000177. The predicted molar refractivity (Wildman–Crippen MR) is 638 cm³/mol. The molecule has 2 amide bonds. The normalized spacial score (nSPS) is 12.9. The first-order valence-electron chi connectivity index (χ1n) is 57.4. The summed E-state index contributed by atoms with van der Waals surface area (Å²) in [5.41, 5.74) is 3.65. The second-order valence-corrected chi connectivity index (χ2v) is 65.4. The standard InChI is InChI=1S/C15H28O2.C15H30O.C14H27NO3.C14H28O3.C14H30O2.C13H26O.C13H28.C12H25NO.C10H20O.C10H22/c1-14(2,3)11-7-8-12(16)9-10-13(17)15(4,5)6;1-14(2,3)12-10-8-7-9-11-13(16)15(4,5)6;1-13(2,3)9-12(17)15-7-8-18-10-11(16)14(4,5)6;1-13(2,3)7-8-16-9-10-17-11-12(15)14(4,5)6;1-13(2,3)7-9-15-11-12-16-10-8-14(4,5)6;1-12(2,3)9-7-11(14)8-10-13(4,5)6;1-12(2,3)10-8-7-9-11-13(4,5)6;1-11(2,3)7-8-13-10(14)9-12(4,5)6;1-9(2,3)7-8(11)10(4,5)6;1-9(2,3)7-8-10(4,5)6/h7-11H2,1-6H3;7-12H2,1-6H3;7-10H2,1-6H3,(H,15,17);7-11H2,1-6H3;7-12H2,1-6H3;7-10H2,1-6H3;7-11H2,1-6H3;7-9H2,1-6H3,(H,13,14);7H2,1-6H3;7-8H2,1-6H3. The third-order valence-electron chi connectivity index (χ3n) is 22.6. The third-order valence-corrected chi connectivity index (χ3v) is 22.6. The van der Waals surface area contributed by atoms with Gasteiger partial charge in [-0.15, -0.1) is 0 Å². The molecule has 16 heteroatoms. The van der Waals surface area contributed by atoms with E-state index in [1.807, 2.05) is 125 Å². The Morgan fingerprint density at radius 1 is 0.158 bits per heavy atom. The van der Waals surface area contributed by atoms with E-state index in [0.29, 0.717) is 136 Å². The van der Waals surface area contributed by atoms with Crippen molar-refractivity contribution in [3.63, 3.8) is 0 Å². The van der Waals surface area contributed by atoms with Crippen LogP contribution in [0.3, 0.4) is 0 Å². The summed E-state index contributed by atoms with van der Waals surface area (Å²) < 4.78 is 27.0. The first-order chi connectivity index (χ1) is 64.3. The van der Waals surface area contributed by atoms with Gasteiger partial charge in [-0.2, -0.15) is 0 Å². The first kappa shape index (κ1) is 162. The summed E-state index contributed by atoms with van der Waals surface area (Å²) >= 11 is 0. The summed E-state index contributed by atoms with van der Waals surface area (Å²) in [5.74, 6) is 1.99. The molecule has 0 aliphatic carbocycles. The first-order valence-corrected chi connectivity index (χ1v) is 57.4. The minimum Gasteiger partial charge on any atom is -0.379 e. The van der Waals surface area contributed by atoms with Crippen LogP contribution in [0, 0.1) is 108 Å². The number of carbonyl (C=O) groups excluding carboxylic acids is 9. The molecule has 0 aliphatic rings. The number of nitrogens with one attached hydrogen (secondary N) is 2. The summed E-state index contributed by atoms with van der Waals surface area (Å²) in [4.78, 5) is 104. The van der Waals surface area contributed by atoms with Crippen LogP contribution in [0.25, 0.3) is 0 Å². The quantitative estimate of drug-likeness (QED) is 0.0541. The van der Waals surface area contributed by atoms with E-state index >= 15 is 0 Å². The zero-order chi connectivity index (χ0) is 118. The number of Topliss-reactive ketones (excluding diaryl/α,β-unsaturated/α-hetero) is 7. The molecule has 146 heavy (non-hydrogen) atoms. The van der Waals surface area contributed by atoms with E-state index in [-0.39, 0.29) is 102 Å². The Morgan fingerprint density at radius 2 is 0.384 bits per heavy atom. The second-order valence-electron chi connectivity index (χ2n) is 65.4. The minimum atomic E-state index is -0.366. The van der Waals surface area contributed by atoms with Gasteiger partial charge in [0.1, 0.15) is 42.1 Å². The van der Waals surface area contributed by atoms with Crippen molar-refractivity contribution >= 4 is 52.3 Å². The lowest BCUT2D eigenvalue weighted by Crippen LogP contribution is -2.31. The van der Waals surface area contributed by atoms with E-state index < -0.39 is 0 Å². The van der Waals surface area contributed by atoms with Gasteiger partial charge in [-0.05, 0) is 171 Å². The van der Waals surface area contributed by atoms with Crippen LogP contribution in [0.15, 0.2) is 0 Å². The van der Waals surface area contributed by atoms with Crippen LogP contribution in [-0.4, -0.2) is 131 Å². The second kappa shape index (κ2) is 76.1. The van der Waals surface area contributed by atoms with E-state index in [4.69, 9.17) is 23.7 Å². The third kappa shape index (κ3) is 158. The molecule has 0 aromatic rings. The van der Waals surface area contributed by atoms with Crippen molar-refractivity contribution in [3.05, 3.63) is 0 Å². The van der Waals surface area contributed by atoms with Crippen LogP contribution in [0.5, 0.6) is 0 Å². The summed E-state index contributed by atoms with van der Waals surface area (Å²) in [6, 6.07) is 0. The average Bonchev–Trinajstić information content (AvgIpc) is 0.881. The number of ketones is 7. The number of hydrogen-bond donors (Lipinski definition) is 2. The van der Waals surface area contributed by atoms with Crippen LogP contribution < -0.4 is 10.6 Å². The molecule has 16 nitrogen and oxygen atoms in total. The lowest BCUT2D eigenvalue weighted by atomic mass is 9.80. The molecule has 0 heterocycles. The molecule has 0 radical (unpaired) electrons. The number of unbranched alkanes of at least 4 members (excludes halogenated alkanes) is 5. The van der Waals surface area contributed by atoms with Gasteiger partial charge in [-0.25, -0.2) is 0 Å². The molecule has 0 unspecified atom stereocenters. The van der Waals surface area contributed by atoms with E-state index in [9.17, 15) is 43.2 Å². The topological polar surface area (TPSA) is 224 Å². The Morgan fingerprint density at radius 3 is 0.637 bits per heavy atom. The van der Waals surface area contributed by atoms with Crippen LogP contribution in [0.4, 0.5) is 0 Å². The van der Waals surface area contributed by atoms with Gasteiger partial charge in [-0.1, -0.05) is 454 Å². The monoisotopic (exact) mass is 2080 g/mol. The zero-order valence-corrected chi connectivity index (χ0v) is 110. The van der Waals surface area contributed by atoms with Gasteiger partial charge in [0, 0.05) is 118 Å². The maximum atomic E-state index is 11.7. The van der Waals surface area contributed by atoms with Gasteiger partial charge < -0.3 is 34.3 Å². The van der Waals surface area contributed by atoms with Gasteiger partial charge in [0.15, 0.2) is 11.6 Å². The number of rotatable bonds is 45. The van der Waals surface area contributed by atoms with Crippen molar-refractivity contribution in [2.24, 2.45) is 108 Å². The molecule has 0 aromatic carbocycles. The molecule has 0 saturated heterocycles. The van der Waals surface area contributed by atoms with Crippen molar-refractivity contribution in [1.29, 1.82) is 0 Å². The minimum absolute atomic E-state index is 0.00680. The molecule has 0 aliphatic heterocycles. The molecule has 0 spiro atoms. The Hall–Kier alpha value is -3.57. The molecule has 0 fully saturated rings. The van der Waals surface area contributed by atoms with Crippen LogP contribution >= 0.6 is 0 Å². The van der Waals surface area contributed by atoms with Crippen molar-refractivity contribution in [1.82, 2.24) is 10.6 Å². The molecule has 0 bridgehead atoms. The fraction of sp³-hybridized carbons (Fsp3) is 0.931. The molecule has 0 rings (SSSR count). The number of ether oxygens (including phenoxy) is 5. The van der Waals surface area contributed by atoms with Crippen molar-refractivity contribution in [2.45, 2.75) is 602 Å². The van der Waals surface area contributed by atoms with Crippen LogP contribution in [0.2, 0.25) is 0 Å². The Kier molecular flexibility index (Phi) is 84.7. The highest BCUT2D eigenvalue weighted by molar-refractivity contribution is 5.89. The van der Waals surface area contributed by atoms with Gasteiger partial charge in [-0.3, -0.25) is 43.2 Å². The summed E-state index contributed by atoms with van der Waals surface area (Å²) in [7, 11) is 0. The van der Waals surface area contributed by atoms with E-state index in [2.05, 4.69) is 301 Å². The van der Waals surface area contributed by atoms with Crippen LogP contribution in [0.1, 0.15) is 602 Å². The molecule has 0 aromatic heterocycles. The fourth-order valence-electron chi connectivity index (χ4n) is 11.7. The lowest BCUT2D eigenvalue weighted by Gasteiger charge is -2.24. The molecule has 0 atom stereocenters. The number of carbonyl (C=O) groups is 9. The average molecular weight is 2080 g/mol. The van der Waals surface area contributed by atoms with E-state index in [0.717, 1.165) is 117 Å². The van der Waals surface area contributed by atoms with Gasteiger partial charge in [0.2, 0.25) is 11.8 Å². The summed E-state index contributed by atoms with van der Waals surface area (Å²) in [6.45, 7) is 135. The lowest BCUT2D eigenvalue weighted by molar-refractivity contribution is -0.132. The molecule has 878 valence electrons. The predicted octanol–water partition coefficient (Wildman–Crippen LogP) is 37.4. The molecular weight excluding hydrogens is 1810 g/mol. The Bertz CT molecular complexity index is 3250. The van der Waals surface area contributed by atoms with E-state index in [1.54, 1.807) is 0 Å². The smallest absolute Gasteiger partial charge is 0.220 e. The highest BCUT2D eigenvalue weighted by atomic mass is 16.5. The van der Waals surface area contributed by atoms with Gasteiger partial charge in [0.25, 0.3) is 0 Å². The fourth-order valence-corrected chi connectivity index (χ4v) is 11.7. The zero-order valence-electron chi connectivity index (χ0n) is 110.